The predicted molar refractivity (Wildman–Crippen MR) is 110 cm³/mol. The van der Waals surface area contributed by atoms with E-state index in [1.54, 1.807) is 31.2 Å². The van der Waals surface area contributed by atoms with Gasteiger partial charge in [0.25, 0.3) is 0 Å². The number of oxazole rings is 1. The summed E-state index contributed by atoms with van der Waals surface area (Å²) in [5, 5.41) is 9.05. The van der Waals surface area contributed by atoms with Crippen molar-refractivity contribution in [2.75, 3.05) is 5.73 Å². The number of rotatable bonds is 7. The lowest BCUT2D eigenvalue weighted by Crippen LogP contribution is -2.04. The fourth-order valence-corrected chi connectivity index (χ4v) is 2.91. The molecule has 0 aliphatic carbocycles. The van der Waals surface area contributed by atoms with Crippen LogP contribution >= 0.6 is 0 Å². The summed E-state index contributed by atoms with van der Waals surface area (Å²) in [5.74, 6) is 6.33. The number of aryl methyl sites for hydroxylation is 1. The first kappa shape index (κ1) is 20.0. The maximum atomic E-state index is 11.0. The number of nitrogen functional groups attached to an aromatic ring is 1. The smallest absolute Gasteiger partial charge is 0.304 e. The Kier molecular flexibility index (Phi) is 6.20. The van der Waals surface area contributed by atoms with Gasteiger partial charge in [0.1, 0.15) is 23.8 Å². The molecule has 6 nitrogen and oxygen atoms in total. The van der Waals surface area contributed by atoms with Crippen LogP contribution in [-0.4, -0.2) is 16.1 Å². The summed E-state index contributed by atoms with van der Waals surface area (Å²) in [7, 11) is 0. The number of hydrogen-bond acceptors (Lipinski definition) is 5. The van der Waals surface area contributed by atoms with Crippen LogP contribution in [0.25, 0.3) is 11.5 Å². The van der Waals surface area contributed by atoms with Crippen LogP contribution in [0.15, 0.2) is 52.9 Å². The van der Waals surface area contributed by atoms with Crippen molar-refractivity contribution >= 4 is 11.7 Å². The van der Waals surface area contributed by atoms with E-state index >= 15 is 0 Å². The lowest BCUT2D eigenvalue weighted by molar-refractivity contribution is -0.137. The molecule has 0 aliphatic rings. The highest BCUT2D eigenvalue weighted by Crippen LogP contribution is 2.25. The number of aliphatic carboxylic acids is 1. The Labute approximate surface area is 169 Å². The third-order valence-corrected chi connectivity index (χ3v) is 4.38. The number of anilines is 1. The third kappa shape index (κ3) is 5.17. The zero-order chi connectivity index (χ0) is 20.8. The summed E-state index contributed by atoms with van der Waals surface area (Å²) in [5.41, 5.74) is 8.82. The van der Waals surface area contributed by atoms with E-state index < -0.39 is 5.97 Å². The number of aromatic nitrogens is 1. The van der Waals surface area contributed by atoms with E-state index in [9.17, 15) is 4.79 Å². The lowest BCUT2D eigenvalue weighted by atomic mass is 9.96. The lowest BCUT2D eigenvalue weighted by Gasteiger charge is -2.10. The molecule has 0 bridgehead atoms. The van der Waals surface area contributed by atoms with Gasteiger partial charge in [-0.1, -0.05) is 24.1 Å². The van der Waals surface area contributed by atoms with Crippen LogP contribution in [0.2, 0.25) is 0 Å². The van der Waals surface area contributed by atoms with Crippen LogP contribution in [0.4, 0.5) is 5.69 Å². The van der Waals surface area contributed by atoms with E-state index in [-0.39, 0.29) is 18.9 Å². The molecule has 1 heterocycles. The van der Waals surface area contributed by atoms with Crippen LogP contribution in [0, 0.1) is 18.8 Å². The summed E-state index contributed by atoms with van der Waals surface area (Å²) < 4.78 is 11.6. The standard InChI is InChI=1S/C23H22N2O4/c1-3-5-17(13-22(26)27)16-8-10-20(11-9-16)28-14-21-15(2)29-23(25-21)18-6-4-7-19(24)12-18/h4,6-12,17H,13-14,24H2,1-2H3,(H,26,27). The van der Waals surface area contributed by atoms with E-state index in [0.29, 0.717) is 28.8 Å². The SMILES string of the molecule is CC#CC(CC(=O)O)c1ccc(OCc2nc(-c3cccc(N)c3)oc2C)cc1. The number of nitrogens with two attached hydrogens (primary N) is 1. The van der Waals surface area contributed by atoms with Gasteiger partial charge >= 0.3 is 5.97 Å². The molecule has 1 aromatic heterocycles. The summed E-state index contributed by atoms with van der Waals surface area (Å²) in [6.45, 7) is 3.79. The number of carboxylic acids is 1. The molecule has 1 atom stereocenters. The molecule has 0 spiro atoms. The van der Waals surface area contributed by atoms with Gasteiger partial charge in [-0.3, -0.25) is 4.79 Å². The molecule has 0 aliphatic heterocycles. The minimum atomic E-state index is -0.879. The van der Waals surface area contributed by atoms with Gasteiger partial charge in [-0.15, -0.1) is 5.92 Å². The summed E-state index contributed by atoms with van der Waals surface area (Å²) in [4.78, 5) is 15.5. The van der Waals surface area contributed by atoms with Gasteiger partial charge in [0, 0.05) is 11.3 Å². The molecule has 0 fully saturated rings. The molecular formula is C23H22N2O4. The Balaban J connectivity index is 1.68. The molecule has 1 unspecified atom stereocenters. The fraction of sp³-hybridized carbons (Fsp3) is 0.217. The Morgan fingerprint density at radius 1 is 1.28 bits per heavy atom. The first-order valence-electron chi connectivity index (χ1n) is 9.15. The van der Waals surface area contributed by atoms with E-state index in [0.717, 1.165) is 11.1 Å². The van der Waals surface area contributed by atoms with E-state index in [4.69, 9.17) is 20.0 Å². The van der Waals surface area contributed by atoms with Crippen molar-refractivity contribution in [2.45, 2.75) is 32.8 Å². The first-order chi connectivity index (χ1) is 14.0. The van der Waals surface area contributed by atoms with E-state index in [1.165, 1.54) is 0 Å². The molecule has 0 saturated carbocycles. The van der Waals surface area contributed by atoms with Gasteiger partial charge in [0.2, 0.25) is 5.89 Å². The maximum absolute atomic E-state index is 11.0. The number of carbonyl (C=O) groups is 1. The second-order valence-corrected chi connectivity index (χ2v) is 6.55. The van der Waals surface area contributed by atoms with E-state index in [2.05, 4.69) is 16.8 Å². The Bertz CT molecular complexity index is 1060. The van der Waals surface area contributed by atoms with Crippen LogP contribution in [0.5, 0.6) is 5.75 Å². The highest BCUT2D eigenvalue weighted by molar-refractivity contribution is 5.69. The zero-order valence-electron chi connectivity index (χ0n) is 16.3. The molecule has 3 aromatic rings. The van der Waals surface area contributed by atoms with Crippen LogP contribution in [0.3, 0.4) is 0 Å². The summed E-state index contributed by atoms with van der Waals surface area (Å²) in [6, 6.07) is 14.6. The molecule has 0 saturated heterocycles. The molecule has 0 radical (unpaired) electrons. The normalized spacial score (nSPS) is 11.4. The van der Waals surface area contributed by atoms with Crippen molar-refractivity contribution in [3.8, 4) is 29.0 Å². The minimum absolute atomic E-state index is 0.0358. The second kappa shape index (κ2) is 8.98. The number of nitrogens with zero attached hydrogens (tertiary/aromatic N) is 1. The molecule has 148 valence electrons. The topological polar surface area (TPSA) is 98.6 Å². The summed E-state index contributed by atoms with van der Waals surface area (Å²) >= 11 is 0. The van der Waals surface area contributed by atoms with Gasteiger partial charge in [0.05, 0.1) is 12.3 Å². The third-order valence-electron chi connectivity index (χ3n) is 4.38. The molecule has 2 aromatic carbocycles. The fourth-order valence-electron chi connectivity index (χ4n) is 2.91. The first-order valence-corrected chi connectivity index (χ1v) is 9.15. The second-order valence-electron chi connectivity index (χ2n) is 6.55. The van der Waals surface area contributed by atoms with Gasteiger partial charge in [-0.05, 0) is 49.7 Å². The quantitative estimate of drug-likeness (QED) is 0.458. The maximum Gasteiger partial charge on any atom is 0.304 e. The number of carboxylic acid groups (broad SMARTS) is 1. The molecule has 3 N–H and O–H groups in total. The minimum Gasteiger partial charge on any atom is -0.487 e. The van der Waals surface area contributed by atoms with Crippen LogP contribution in [0.1, 0.15) is 36.3 Å². The molecule has 6 heteroatoms. The van der Waals surface area contributed by atoms with Crippen molar-refractivity contribution in [1.29, 1.82) is 0 Å². The van der Waals surface area contributed by atoms with Crippen LogP contribution < -0.4 is 10.5 Å². The largest absolute Gasteiger partial charge is 0.487 e. The summed E-state index contributed by atoms with van der Waals surface area (Å²) in [6.07, 6.45) is -0.0358. The van der Waals surface area contributed by atoms with Crippen LogP contribution in [-0.2, 0) is 11.4 Å². The number of ether oxygens (including phenoxy) is 1. The molecule has 29 heavy (non-hydrogen) atoms. The van der Waals surface area contributed by atoms with Crippen molar-refractivity contribution in [2.24, 2.45) is 0 Å². The molecule has 3 rings (SSSR count). The molecule has 0 amide bonds. The van der Waals surface area contributed by atoms with E-state index in [1.807, 2.05) is 31.2 Å². The Morgan fingerprint density at radius 3 is 2.69 bits per heavy atom. The van der Waals surface area contributed by atoms with Crippen molar-refractivity contribution < 1.29 is 19.1 Å². The van der Waals surface area contributed by atoms with Crippen molar-refractivity contribution in [3.63, 3.8) is 0 Å². The predicted octanol–water partition coefficient (Wildman–Crippen LogP) is 4.39. The molecular weight excluding hydrogens is 368 g/mol. The van der Waals surface area contributed by atoms with Crippen molar-refractivity contribution in [3.05, 3.63) is 65.5 Å². The van der Waals surface area contributed by atoms with Gasteiger partial charge in [-0.25, -0.2) is 4.98 Å². The average molecular weight is 390 g/mol. The monoisotopic (exact) mass is 390 g/mol. The average Bonchev–Trinajstić information content (AvgIpc) is 3.07. The Hall–Kier alpha value is -3.72. The zero-order valence-corrected chi connectivity index (χ0v) is 16.3. The van der Waals surface area contributed by atoms with Crippen molar-refractivity contribution in [1.82, 2.24) is 4.98 Å². The highest BCUT2D eigenvalue weighted by Gasteiger charge is 2.14. The van der Waals surface area contributed by atoms with Gasteiger partial charge < -0.3 is 20.0 Å². The van der Waals surface area contributed by atoms with Gasteiger partial charge in [0.15, 0.2) is 0 Å². The van der Waals surface area contributed by atoms with Gasteiger partial charge in [-0.2, -0.15) is 0 Å². The number of benzene rings is 2. The Morgan fingerprint density at radius 2 is 2.03 bits per heavy atom. The highest BCUT2D eigenvalue weighted by atomic mass is 16.5. The number of hydrogen-bond donors (Lipinski definition) is 2.